The summed E-state index contributed by atoms with van der Waals surface area (Å²) in [6.45, 7) is 14.4. The number of hydrogen-bond donors (Lipinski definition) is 0. The summed E-state index contributed by atoms with van der Waals surface area (Å²) in [7, 11) is 0. The molecule has 2 aliphatic rings. The molecule has 0 radical (unpaired) electrons. The van der Waals surface area contributed by atoms with Crippen LogP contribution >= 0.6 is 0 Å². The number of piperidine rings is 1. The van der Waals surface area contributed by atoms with Crippen molar-refractivity contribution in [2.24, 2.45) is 0 Å². The summed E-state index contributed by atoms with van der Waals surface area (Å²) in [6, 6.07) is 1.55. The van der Waals surface area contributed by atoms with Gasteiger partial charge in [-0.2, -0.15) is 0 Å². The van der Waals surface area contributed by atoms with Crippen LogP contribution in [0.4, 0.5) is 0 Å². The Morgan fingerprint density at radius 2 is 0.938 bits per heavy atom. The highest BCUT2D eigenvalue weighted by Crippen LogP contribution is 2.10. The van der Waals surface area contributed by atoms with Crippen molar-refractivity contribution in [3.63, 3.8) is 0 Å². The molecule has 0 aliphatic carbocycles. The molecule has 16 heavy (non-hydrogen) atoms. The average molecular weight is 226 g/mol. The molecule has 0 N–H and O–H groups in total. The smallest absolute Gasteiger partial charge is 0.00386 e. The molecule has 2 aliphatic heterocycles. The minimum atomic E-state index is 0.769. The molecular formula is C14H30N2. The maximum Gasteiger partial charge on any atom is 0.00386 e. The highest BCUT2D eigenvalue weighted by molar-refractivity contribution is 4.71. The molecule has 0 unspecified atom stereocenters. The quantitative estimate of drug-likeness (QED) is 0.714. The number of nitrogens with zero attached hydrogens (tertiary/aromatic N) is 2. The fourth-order valence-electron chi connectivity index (χ4n) is 2.29. The van der Waals surface area contributed by atoms with Crippen molar-refractivity contribution in [3.05, 3.63) is 0 Å². The van der Waals surface area contributed by atoms with Crippen LogP contribution in [0.1, 0.15) is 53.4 Å². The third-order valence-corrected chi connectivity index (χ3v) is 3.74. The van der Waals surface area contributed by atoms with E-state index in [1.807, 2.05) is 0 Å². The van der Waals surface area contributed by atoms with Gasteiger partial charge in [0.15, 0.2) is 0 Å². The molecule has 2 fully saturated rings. The van der Waals surface area contributed by atoms with Crippen LogP contribution in [0.25, 0.3) is 0 Å². The van der Waals surface area contributed by atoms with Gasteiger partial charge in [-0.05, 0) is 73.1 Å². The predicted molar refractivity (Wildman–Crippen MR) is 71.9 cm³/mol. The summed E-state index contributed by atoms with van der Waals surface area (Å²) in [6.07, 6.45) is 5.69. The van der Waals surface area contributed by atoms with Gasteiger partial charge in [0.1, 0.15) is 0 Å². The molecule has 0 aromatic heterocycles. The van der Waals surface area contributed by atoms with Gasteiger partial charge in [0.05, 0.1) is 0 Å². The largest absolute Gasteiger partial charge is 0.301 e. The van der Waals surface area contributed by atoms with Crippen LogP contribution in [0.2, 0.25) is 0 Å². The topological polar surface area (TPSA) is 6.48 Å². The predicted octanol–water partition coefficient (Wildman–Crippen LogP) is 2.98. The number of hydrogen-bond acceptors (Lipinski definition) is 2. The van der Waals surface area contributed by atoms with E-state index in [2.05, 4.69) is 37.5 Å². The first-order chi connectivity index (χ1) is 7.61. The molecule has 2 rings (SSSR count). The Labute approximate surface area is 102 Å². The number of rotatable bonds is 2. The minimum absolute atomic E-state index is 0.769. The van der Waals surface area contributed by atoms with Crippen LogP contribution in [0.5, 0.6) is 0 Å². The lowest BCUT2D eigenvalue weighted by Gasteiger charge is -2.34. The maximum atomic E-state index is 2.56. The van der Waals surface area contributed by atoms with E-state index >= 15 is 0 Å². The second kappa shape index (κ2) is 7.29. The third kappa shape index (κ3) is 4.84. The van der Waals surface area contributed by atoms with E-state index in [4.69, 9.17) is 0 Å². The zero-order valence-electron chi connectivity index (χ0n) is 11.7. The molecule has 2 nitrogen and oxygen atoms in total. The van der Waals surface area contributed by atoms with Gasteiger partial charge >= 0.3 is 0 Å². The fraction of sp³-hybridized carbons (Fsp3) is 1.00. The van der Waals surface area contributed by atoms with Gasteiger partial charge in [-0.15, -0.1) is 0 Å². The third-order valence-electron chi connectivity index (χ3n) is 3.74. The Morgan fingerprint density at radius 3 is 1.12 bits per heavy atom. The van der Waals surface area contributed by atoms with Crippen molar-refractivity contribution in [1.82, 2.24) is 9.80 Å². The molecule has 0 amide bonds. The molecule has 0 atom stereocenters. The Balaban J connectivity index is 0.000000165. The van der Waals surface area contributed by atoms with Crippen molar-refractivity contribution >= 4 is 0 Å². The monoisotopic (exact) mass is 226 g/mol. The van der Waals surface area contributed by atoms with Gasteiger partial charge in [0, 0.05) is 12.1 Å². The van der Waals surface area contributed by atoms with E-state index < -0.39 is 0 Å². The van der Waals surface area contributed by atoms with E-state index in [9.17, 15) is 0 Å². The van der Waals surface area contributed by atoms with Gasteiger partial charge in [0.2, 0.25) is 0 Å². The van der Waals surface area contributed by atoms with E-state index in [0.29, 0.717) is 0 Å². The molecule has 0 aromatic carbocycles. The Morgan fingerprint density at radius 1 is 0.562 bits per heavy atom. The van der Waals surface area contributed by atoms with Gasteiger partial charge in [-0.1, -0.05) is 6.42 Å². The van der Waals surface area contributed by atoms with Crippen molar-refractivity contribution in [2.45, 2.75) is 65.5 Å². The zero-order chi connectivity index (χ0) is 12.0. The van der Waals surface area contributed by atoms with Crippen LogP contribution in [0.15, 0.2) is 0 Å². The number of likely N-dealkylation sites (tertiary alicyclic amines) is 2. The van der Waals surface area contributed by atoms with E-state index in [-0.39, 0.29) is 0 Å². The van der Waals surface area contributed by atoms with E-state index in [1.165, 1.54) is 51.9 Å². The SMILES string of the molecule is CC(C)N1CCC1.CC(C)N1CCCCC1. The van der Waals surface area contributed by atoms with Crippen LogP contribution in [-0.2, 0) is 0 Å². The molecule has 0 spiro atoms. The lowest BCUT2D eigenvalue weighted by Crippen LogP contribution is -2.41. The first-order valence-electron chi connectivity index (χ1n) is 7.09. The summed E-state index contributed by atoms with van der Waals surface area (Å²) in [5.41, 5.74) is 0. The minimum Gasteiger partial charge on any atom is -0.301 e. The van der Waals surface area contributed by atoms with Crippen molar-refractivity contribution < 1.29 is 0 Å². The van der Waals surface area contributed by atoms with Crippen molar-refractivity contribution in [1.29, 1.82) is 0 Å². The summed E-state index contributed by atoms with van der Waals surface area (Å²) in [5.74, 6) is 0. The van der Waals surface area contributed by atoms with Crippen molar-refractivity contribution in [3.8, 4) is 0 Å². The summed E-state index contributed by atoms with van der Waals surface area (Å²) < 4.78 is 0. The van der Waals surface area contributed by atoms with Crippen LogP contribution in [-0.4, -0.2) is 48.1 Å². The highest BCUT2D eigenvalue weighted by Gasteiger charge is 2.15. The Hall–Kier alpha value is -0.0800. The molecule has 2 heteroatoms. The summed E-state index contributed by atoms with van der Waals surface area (Å²) in [5, 5.41) is 0. The van der Waals surface area contributed by atoms with E-state index in [0.717, 1.165) is 12.1 Å². The molecular weight excluding hydrogens is 196 g/mol. The van der Waals surface area contributed by atoms with Gasteiger partial charge in [-0.25, -0.2) is 0 Å². The lowest BCUT2D eigenvalue weighted by molar-refractivity contribution is 0.138. The van der Waals surface area contributed by atoms with Gasteiger partial charge in [-0.3, -0.25) is 0 Å². The lowest BCUT2D eigenvalue weighted by atomic mass is 10.1. The normalized spacial score (nSPS) is 22.9. The standard InChI is InChI=1S/C8H17N.C6H13N/c1-8(2)9-6-4-3-5-7-9;1-6(2)7-4-3-5-7/h8H,3-7H2,1-2H3;6H,3-5H2,1-2H3. The summed E-state index contributed by atoms with van der Waals surface area (Å²) in [4.78, 5) is 5.03. The first kappa shape index (κ1) is 14.0. The molecule has 2 saturated heterocycles. The molecule has 0 bridgehead atoms. The van der Waals surface area contributed by atoms with E-state index in [1.54, 1.807) is 0 Å². The van der Waals surface area contributed by atoms with Gasteiger partial charge < -0.3 is 9.80 Å². The second-order valence-corrected chi connectivity index (χ2v) is 5.67. The van der Waals surface area contributed by atoms with Crippen LogP contribution in [0.3, 0.4) is 0 Å². The highest BCUT2D eigenvalue weighted by atomic mass is 15.2. The molecule has 2 heterocycles. The van der Waals surface area contributed by atoms with Crippen molar-refractivity contribution in [2.75, 3.05) is 26.2 Å². The average Bonchev–Trinajstić information content (AvgIpc) is 2.16. The second-order valence-electron chi connectivity index (χ2n) is 5.67. The molecule has 0 aromatic rings. The van der Waals surface area contributed by atoms with Crippen LogP contribution in [0, 0.1) is 0 Å². The van der Waals surface area contributed by atoms with Gasteiger partial charge in [0.25, 0.3) is 0 Å². The summed E-state index contributed by atoms with van der Waals surface area (Å²) >= 11 is 0. The Kier molecular flexibility index (Phi) is 6.37. The maximum absolute atomic E-state index is 2.56. The Bertz CT molecular complexity index is 168. The molecule has 0 saturated carbocycles. The first-order valence-corrected chi connectivity index (χ1v) is 7.09. The van der Waals surface area contributed by atoms with Crippen LogP contribution < -0.4 is 0 Å². The fourth-order valence-corrected chi connectivity index (χ4v) is 2.29. The molecule has 96 valence electrons. The zero-order valence-corrected chi connectivity index (χ0v) is 11.7.